The molecule has 0 saturated heterocycles. The van der Waals surface area contributed by atoms with Crippen LogP contribution in [0.2, 0.25) is 0 Å². The second-order valence-electron chi connectivity index (χ2n) is 3.51. The van der Waals surface area contributed by atoms with Gasteiger partial charge in [0.05, 0.1) is 12.1 Å². The Morgan fingerprint density at radius 3 is 2.53 bits per heavy atom. The minimum Gasteiger partial charge on any atom is -0.248 e. The number of hydrogen-bond donors (Lipinski definition) is 0. The Balaban J connectivity index is 2.33. The van der Waals surface area contributed by atoms with Crippen molar-refractivity contribution >= 4 is 0 Å². The molecule has 0 spiro atoms. The summed E-state index contributed by atoms with van der Waals surface area (Å²) in [6, 6.07) is 5.40. The largest absolute Gasteiger partial charge is 0.416 e. The second kappa shape index (κ2) is 4.20. The molecule has 0 fully saturated rings. The van der Waals surface area contributed by atoms with Crippen LogP contribution in [0.1, 0.15) is 17.0 Å². The molecule has 0 unspecified atom stereocenters. The van der Waals surface area contributed by atoms with Gasteiger partial charge in [0.25, 0.3) is 0 Å². The van der Waals surface area contributed by atoms with Crippen LogP contribution < -0.4 is 0 Å². The maximum absolute atomic E-state index is 12.7. The molecule has 2 rings (SSSR count). The van der Waals surface area contributed by atoms with E-state index in [4.69, 9.17) is 0 Å². The summed E-state index contributed by atoms with van der Waals surface area (Å²) in [4.78, 5) is 3.76. The predicted octanol–water partition coefficient (Wildman–Crippen LogP) is 2.53. The number of aromatic nitrogens is 3. The van der Waals surface area contributed by atoms with Crippen LogP contribution in [0, 0.1) is 6.92 Å². The Labute approximate surface area is 95.9 Å². The lowest BCUT2D eigenvalue weighted by atomic mass is 10.1. The molecule has 0 amide bonds. The quantitative estimate of drug-likeness (QED) is 0.807. The van der Waals surface area contributed by atoms with Crippen LogP contribution >= 0.6 is 0 Å². The Morgan fingerprint density at radius 1 is 1.24 bits per heavy atom. The normalized spacial score (nSPS) is 11.8. The summed E-state index contributed by atoms with van der Waals surface area (Å²) in [7, 11) is 0. The SMILES string of the molecule is [CH2]c1ncn(Cc2ccccc2C(F)(F)F)n1. The highest BCUT2D eigenvalue weighted by molar-refractivity contribution is 5.29. The van der Waals surface area contributed by atoms with Crippen molar-refractivity contribution in [1.82, 2.24) is 14.8 Å². The first kappa shape index (κ1) is 11.6. The smallest absolute Gasteiger partial charge is 0.248 e. The van der Waals surface area contributed by atoms with Gasteiger partial charge in [-0.1, -0.05) is 18.2 Å². The van der Waals surface area contributed by atoms with E-state index in [-0.39, 0.29) is 17.9 Å². The molecule has 3 nitrogen and oxygen atoms in total. The number of halogens is 3. The van der Waals surface area contributed by atoms with Crippen molar-refractivity contribution in [2.24, 2.45) is 0 Å². The van der Waals surface area contributed by atoms with Gasteiger partial charge in [-0.05, 0) is 11.6 Å². The summed E-state index contributed by atoms with van der Waals surface area (Å²) in [5, 5.41) is 3.86. The van der Waals surface area contributed by atoms with Gasteiger partial charge < -0.3 is 0 Å². The van der Waals surface area contributed by atoms with Gasteiger partial charge >= 0.3 is 6.18 Å². The second-order valence-corrected chi connectivity index (χ2v) is 3.51. The standard InChI is InChI=1S/C11H9F3N3/c1-8-15-7-17(16-8)6-9-4-2-3-5-10(9)11(12,13)14/h2-5,7H,1,6H2. The molecule has 0 bridgehead atoms. The van der Waals surface area contributed by atoms with E-state index in [9.17, 15) is 13.2 Å². The Kier molecular flexibility index (Phi) is 2.87. The topological polar surface area (TPSA) is 30.7 Å². The van der Waals surface area contributed by atoms with Gasteiger partial charge in [-0.3, -0.25) is 0 Å². The van der Waals surface area contributed by atoms with Crippen LogP contribution in [0.5, 0.6) is 0 Å². The monoisotopic (exact) mass is 240 g/mol. The van der Waals surface area contributed by atoms with E-state index in [2.05, 4.69) is 17.0 Å². The Bertz CT molecular complexity index is 517. The number of benzene rings is 1. The molecule has 17 heavy (non-hydrogen) atoms. The van der Waals surface area contributed by atoms with E-state index >= 15 is 0 Å². The van der Waals surface area contributed by atoms with Crippen LogP contribution in [0.25, 0.3) is 0 Å². The summed E-state index contributed by atoms with van der Waals surface area (Å²) in [6.07, 6.45) is -3.00. The van der Waals surface area contributed by atoms with Crippen LogP contribution in [0.3, 0.4) is 0 Å². The molecule has 1 heterocycles. The fourth-order valence-electron chi connectivity index (χ4n) is 1.52. The van der Waals surface area contributed by atoms with Crippen LogP contribution in [-0.4, -0.2) is 14.8 Å². The average molecular weight is 240 g/mol. The third-order valence-electron chi connectivity index (χ3n) is 2.24. The minimum atomic E-state index is -4.36. The first-order chi connectivity index (χ1) is 7.97. The fraction of sp³-hybridized carbons (Fsp3) is 0.182. The zero-order valence-electron chi connectivity index (χ0n) is 8.78. The zero-order chi connectivity index (χ0) is 12.5. The molecule has 2 aromatic rings. The van der Waals surface area contributed by atoms with Crippen LogP contribution in [-0.2, 0) is 12.7 Å². The van der Waals surface area contributed by atoms with Crippen molar-refractivity contribution in [3.05, 3.63) is 54.5 Å². The van der Waals surface area contributed by atoms with Gasteiger partial charge in [0.2, 0.25) is 0 Å². The zero-order valence-corrected chi connectivity index (χ0v) is 8.78. The Hall–Kier alpha value is -1.85. The maximum Gasteiger partial charge on any atom is 0.416 e. The fourth-order valence-corrected chi connectivity index (χ4v) is 1.52. The first-order valence-corrected chi connectivity index (χ1v) is 4.83. The van der Waals surface area contributed by atoms with Gasteiger partial charge in [-0.2, -0.15) is 18.3 Å². The number of alkyl halides is 3. The number of nitrogens with zero attached hydrogens (tertiary/aromatic N) is 3. The van der Waals surface area contributed by atoms with E-state index < -0.39 is 11.7 Å². The van der Waals surface area contributed by atoms with Crippen LogP contribution in [0.4, 0.5) is 13.2 Å². The van der Waals surface area contributed by atoms with Gasteiger partial charge in [0.1, 0.15) is 6.33 Å². The summed E-state index contributed by atoms with van der Waals surface area (Å²) in [6.45, 7) is 3.51. The van der Waals surface area contributed by atoms with Gasteiger partial charge in [0, 0.05) is 6.92 Å². The third kappa shape index (κ3) is 2.64. The van der Waals surface area contributed by atoms with E-state index in [1.807, 2.05) is 0 Å². The van der Waals surface area contributed by atoms with Gasteiger partial charge in [-0.25, -0.2) is 9.67 Å². The molecule has 0 aliphatic rings. The highest BCUT2D eigenvalue weighted by Crippen LogP contribution is 2.31. The molecule has 1 radical (unpaired) electrons. The highest BCUT2D eigenvalue weighted by Gasteiger charge is 2.32. The van der Waals surface area contributed by atoms with Gasteiger partial charge in [-0.15, -0.1) is 0 Å². The highest BCUT2D eigenvalue weighted by atomic mass is 19.4. The Morgan fingerprint density at radius 2 is 1.94 bits per heavy atom. The third-order valence-corrected chi connectivity index (χ3v) is 2.24. The molecular formula is C11H9F3N3. The van der Waals surface area contributed by atoms with Crippen LogP contribution in [0.15, 0.2) is 30.6 Å². The molecule has 0 aliphatic carbocycles. The van der Waals surface area contributed by atoms with E-state index in [1.165, 1.54) is 23.1 Å². The number of rotatable bonds is 2. The molecule has 0 aliphatic heterocycles. The van der Waals surface area contributed by atoms with Crippen molar-refractivity contribution in [1.29, 1.82) is 0 Å². The lowest BCUT2D eigenvalue weighted by Crippen LogP contribution is -2.11. The summed E-state index contributed by atoms with van der Waals surface area (Å²) in [5.74, 6) is 0.287. The van der Waals surface area contributed by atoms with Crippen molar-refractivity contribution < 1.29 is 13.2 Å². The molecule has 89 valence electrons. The van der Waals surface area contributed by atoms with Crippen molar-refractivity contribution in [3.8, 4) is 0 Å². The average Bonchev–Trinajstić information content (AvgIpc) is 2.63. The molecule has 0 saturated carbocycles. The van der Waals surface area contributed by atoms with Crippen molar-refractivity contribution in [2.45, 2.75) is 12.7 Å². The predicted molar refractivity (Wildman–Crippen MR) is 55.0 cm³/mol. The molecule has 0 atom stereocenters. The number of hydrogen-bond acceptors (Lipinski definition) is 2. The lowest BCUT2D eigenvalue weighted by molar-refractivity contribution is -0.138. The molecule has 1 aromatic heterocycles. The molecule has 0 N–H and O–H groups in total. The maximum atomic E-state index is 12.7. The van der Waals surface area contributed by atoms with E-state index in [0.29, 0.717) is 0 Å². The summed E-state index contributed by atoms with van der Waals surface area (Å²) in [5.41, 5.74) is -0.494. The minimum absolute atomic E-state index is 0.0260. The summed E-state index contributed by atoms with van der Waals surface area (Å²) < 4.78 is 39.4. The molecular weight excluding hydrogens is 231 g/mol. The van der Waals surface area contributed by atoms with Gasteiger partial charge in [0.15, 0.2) is 5.82 Å². The molecule has 1 aromatic carbocycles. The molecule has 6 heteroatoms. The lowest BCUT2D eigenvalue weighted by Gasteiger charge is -2.12. The van der Waals surface area contributed by atoms with E-state index in [1.54, 1.807) is 6.07 Å². The van der Waals surface area contributed by atoms with E-state index in [0.717, 1.165) is 6.07 Å². The first-order valence-electron chi connectivity index (χ1n) is 4.83. The van der Waals surface area contributed by atoms with Crippen molar-refractivity contribution in [3.63, 3.8) is 0 Å². The van der Waals surface area contributed by atoms with Crippen molar-refractivity contribution in [2.75, 3.05) is 0 Å². The summed E-state index contributed by atoms with van der Waals surface area (Å²) >= 11 is 0.